The summed E-state index contributed by atoms with van der Waals surface area (Å²) in [4.78, 5) is 12.3. The van der Waals surface area contributed by atoms with E-state index < -0.39 is 23.7 Å². The van der Waals surface area contributed by atoms with Crippen molar-refractivity contribution >= 4 is 0 Å². The van der Waals surface area contributed by atoms with Crippen LogP contribution < -0.4 is 4.74 Å². The molecule has 0 N–H and O–H groups in total. The van der Waals surface area contributed by atoms with Crippen molar-refractivity contribution in [1.29, 1.82) is 0 Å². The minimum Gasteiger partial charge on any atom is -0.490 e. The second-order valence-electron chi connectivity index (χ2n) is 7.17. The smallest absolute Gasteiger partial charge is 0.451 e. The minimum atomic E-state index is -4.64. The lowest BCUT2D eigenvalue weighted by molar-refractivity contribution is -0.145. The molecule has 2 aromatic heterocycles. The Labute approximate surface area is 186 Å². The van der Waals surface area contributed by atoms with Gasteiger partial charge in [0.15, 0.2) is 5.75 Å². The molecule has 0 amide bonds. The Morgan fingerprint density at radius 2 is 1.55 bits per heavy atom. The van der Waals surface area contributed by atoms with Crippen LogP contribution in [0.15, 0.2) is 61.2 Å². The molecule has 3 rings (SSSR count). The van der Waals surface area contributed by atoms with Crippen LogP contribution in [0.1, 0.15) is 28.9 Å². The van der Waals surface area contributed by atoms with E-state index in [2.05, 4.69) is 15.0 Å². The highest BCUT2D eigenvalue weighted by molar-refractivity contribution is 5.29. The Hall–Kier alpha value is -3.21. The second-order valence-corrected chi connectivity index (χ2v) is 7.17. The molecule has 0 unspecified atom stereocenters. The molecular weight excluding hydrogens is 450 g/mol. The third-order valence-electron chi connectivity index (χ3n) is 4.61. The highest BCUT2D eigenvalue weighted by Gasteiger charge is 2.34. The summed E-state index contributed by atoms with van der Waals surface area (Å²) >= 11 is 0. The fraction of sp³-hybridized carbons (Fsp3) is 0.318. The van der Waals surface area contributed by atoms with Crippen LogP contribution in [0.4, 0.5) is 26.3 Å². The third-order valence-corrected chi connectivity index (χ3v) is 4.61. The van der Waals surface area contributed by atoms with Gasteiger partial charge in [-0.2, -0.15) is 26.3 Å². The summed E-state index contributed by atoms with van der Waals surface area (Å²) < 4.78 is 83.2. The van der Waals surface area contributed by atoms with Gasteiger partial charge in [0, 0.05) is 32.0 Å². The van der Waals surface area contributed by atoms with Crippen molar-refractivity contribution in [2.24, 2.45) is 0 Å². The van der Waals surface area contributed by atoms with Gasteiger partial charge in [-0.3, -0.25) is 9.88 Å². The van der Waals surface area contributed by atoms with Crippen molar-refractivity contribution in [1.82, 2.24) is 19.9 Å². The first-order valence-electron chi connectivity index (χ1n) is 9.91. The van der Waals surface area contributed by atoms with Crippen LogP contribution in [0.5, 0.6) is 5.75 Å². The van der Waals surface area contributed by atoms with Crippen molar-refractivity contribution in [3.05, 3.63) is 83.7 Å². The number of rotatable bonds is 9. The first-order chi connectivity index (χ1) is 15.6. The SMILES string of the molecule is FC(F)(F)c1ncc(OCCCN(Cc2cccnc2)Cc2ccccc2C(F)(F)F)cn1. The molecule has 1 aromatic carbocycles. The van der Waals surface area contributed by atoms with E-state index >= 15 is 0 Å². The van der Waals surface area contributed by atoms with Gasteiger partial charge in [0.1, 0.15) is 0 Å². The lowest BCUT2D eigenvalue weighted by Gasteiger charge is -2.24. The molecule has 0 aliphatic carbocycles. The zero-order chi connectivity index (χ0) is 23.9. The van der Waals surface area contributed by atoms with Crippen LogP contribution in [0.2, 0.25) is 0 Å². The average molecular weight is 470 g/mol. The second kappa shape index (κ2) is 10.6. The predicted octanol–water partition coefficient (Wildman–Crippen LogP) is 5.38. The third kappa shape index (κ3) is 7.41. The molecule has 0 saturated carbocycles. The Morgan fingerprint density at radius 3 is 2.18 bits per heavy atom. The molecular formula is C22H20F6N4O. The number of ether oxygens (including phenoxy) is 1. The van der Waals surface area contributed by atoms with Crippen LogP contribution in [-0.4, -0.2) is 33.0 Å². The van der Waals surface area contributed by atoms with E-state index in [0.717, 1.165) is 24.0 Å². The maximum absolute atomic E-state index is 13.4. The Kier molecular flexibility index (Phi) is 7.85. The van der Waals surface area contributed by atoms with Crippen molar-refractivity contribution in [3.63, 3.8) is 0 Å². The van der Waals surface area contributed by atoms with E-state index in [-0.39, 0.29) is 24.5 Å². The number of benzene rings is 1. The van der Waals surface area contributed by atoms with Crippen LogP contribution in [0.3, 0.4) is 0 Å². The van der Waals surface area contributed by atoms with Gasteiger partial charge in [-0.1, -0.05) is 24.3 Å². The van der Waals surface area contributed by atoms with Crippen LogP contribution in [0, 0.1) is 0 Å². The van der Waals surface area contributed by atoms with E-state index in [9.17, 15) is 26.3 Å². The number of aromatic nitrogens is 3. The summed E-state index contributed by atoms with van der Waals surface area (Å²) in [6.07, 6.45) is -3.59. The highest BCUT2D eigenvalue weighted by atomic mass is 19.4. The van der Waals surface area contributed by atoms with Crippen molar-refractivity contribution in [3.8, 4) is 5.75 Å². The Bertz CT molecular complexity index is 1010. The zero-order valence-electron chi connectivity index (χ0n) is 17.3. The largest absolute Gasteiger partial charge is 0.490 e. The van der Waals surface area contributed by atoms with Gasteiger partial charge >= 0.3 is 12.4 Å². The summed E-state index contributed by atoms with van der Waals surface area (Å²) in [5, 5.41) is 0. The van der Waals surface area contributed by atoms with E-state index in [4.69, 9.17) is 4.74 Å². The standard InChI is InChI=1S/C22H20F6N4O/c23-21(24,25)19-7-2-1-6-17(19)15-32(14-16-5-3-8-29-11-16)9-4-10-33-18-12-30-20(31-13-18)22(26,27)28/h1-3,5-8,11-13H,4,9-10,14-15H2. The molecule has 0 atom stereocenters. The molecule has 0 bridgehead atoms. The number of alkyl halides is 6. The van der Waals surface area contributed by atoms with Gasteiger partial charge in [-0.25, -0.2) is 9.97 Å². The number of hydrogen-bond acceptors (Lipinski definition) is 5. The van der Waals surface area contributed by atoms with Gasteiger partial charge in [-0.05, 0) is 29.7 Å². The molecule has 0 aliphatic rings. The molecule has 0 fully saturated rings. The fourth-order valence-electron chi connectivity index (χ4n) is 3.15. The number of pyridine rings is 1. The molecule has 0 saturated heterocycles. The maximum atomic E-state index is 13.4. The van der Waals surface area contributed by atoms with E-state index in [1.807, 2.05) is 11.0 Å². The molecule has 5 nitrogen and oxygen atoms in total. The molecule has 0 radical (unpaired) electrons. The summed E-state index contributed by atoms with van der Waals surface area (Å²) in [5.74, 6) is -1.19. The Morgan fingerprint density at radius 1 is 0.818 bits per heavy atom. The number of hydrogen-bond donors (Lipinski definition) is 0. The minimum absolute atomic E-state index is 0.0496. The van der Waals surface area contributed by atoms with Gasteiger partial charge in [-0.15, -0.1) is 0 Å². The van der Waals surface area contributed by atoms with E-state index in [1.165, 1.54) is 12.1 Å². The first kappa shape index (κ1) is 24.4. The molecule has 33 heavy (non-hydrogen) atoms. The normalized spacial score (nSPS) is 12.2. The molecule has 0 aliphatic heterocycles. The quantitative estimate of drug-likeness (QED) is 0.311. The molecule has 176 valence electrons. The molecule has 2 heterocycles. The lowest BCUT2D eigenvalue weighted by Crippen LogP contribution is -2.26. The average Bonchev–Trinajstić information content (AvgIpc) is 2.77. The summed E-state index contributed by atoms with van der Waals surface area (Å²) in [5.41, 5.74) is 0.282. The van der Waals surface area contributed by atoms with Gasteiger partial charge in [0.2, 0.25) is 5.82 Å². The highest BCUT2D eigenvalue weighted by Crippen LogP contribution is 2.32. The summed E-state index contributed by atoms with van der Waals surface area (Å²) in [7, 11) is 0. The maximum Gasteiger partial charge on any atom is 0.451 e. The molecule has 11 heteroatoms. The molecule has 3 aromatic rings. The zero-order valence-corrected chi connectivity index (χ0v) is 17.3. The van der Waals surface area contributed by atoms with Crippen LogP contribution in [0.25, 0.3) is 0 Å². The van der Waals surface area contributed by atoms with Crippen molar-refractivity contribution < 1.29 is 31.1 Å². The van der Waals surface area contributed by atoms with E-state index in [1.54, 1.807) is 24.5 Å². The van der Waals surface area contributed by atoms with Crippen LogP contribution in [-0.2, 0) is 25.4 Å². The molecule has 0 spiro atoms. The Balaban J connectivity index is 1.63. The van der Waals surface area contributed by atoms with Gasteiger partial charge in [0.05, 0.1) is 24.6 Å². The van der Waals surface area contributed by atoms with E-state index in [0.29, 0.717) is 19.5 Å². The monoisotopic (exact) mass is 470 g/mol. The lowest BCUT2D eigenvalue weighted by atomic mass is 10.1. The number of nitrogens with zero attached hydrogens (tertiary/aromatic N) is 4. The summed E-state index contributed by atoms with van der Waals surface area (Å²) in [6.45, 7) is 0.916. The predicted molar refractivity (Wildman–Crippen MR) is 107 cm³/mol. The van der Waals surface area contributed by atoms with Crippen molar-refractivity contribution in [2.45, 2.75) is 31.9 Å². The van der Waals surface area contributed by atoms with Crippen molar-refractivity contribution in [2.75, 3.05) is 13.2 Å². The summed E-state index contributed by atoms with van der Waals surface area (Å²) in [6, 6.07) is 8.95. The topological polar surface area (TPSA) is 51.1 Å². The first-order valence-corrected chi connectivity index (χ1v) is 9.91. The fourth-order valence-corrected chi connectivity index (χ4v) is 3.15. The van der Waals surface area contributed by atoms with Gasteiger partial charge < -0.3 is 4.74 Å². The number of halogens is 6. The van der Waals surface area contributed by atoms with Crippen LogP contribution >= 0.6 is 0 Å². The van der Waals surface area contributed by atoms with Gasteiger partial charge in [0.25, 0.3) is 0 Å².